The van der Waals surface area contributed by atoms with Gasteiger partial charge in [-0.25, -0.2) is 9.97 Å². The molecule has 0 radical (unpaired) electrons. The Bertz CT molecular complexity index is 544. The number of anilines is 2. The molecule has 0 aliphatic carbocycles. The van der Waals surface area contributed by atoms with Crippen molar-refractivity contribution in [3.63, 3.8) is 0 Å². The number of nitrogen functional groups attached to an aromatic ring is 2. The molecule has 1 aromatic carbocycles. The van der Waals surface area contributed by atoms with Crippen LogP contribution in [0.5, 0.6) is 0 Å². The second-order valence-electron chi connectivity index (χ2n) is 3.40. The fourth-order valence-electron chi connectivity index (χ4n) is 1.43. The Hall–Kier alpha value is -1.95. The molecule has 86 valence electrons. The molecular formula is C11H10BrN5. The monoisotopic (exact) mass is 291 g/mol. The van der Waals surface area contributed by atoms with Gasteiger partial charge in [0.05, 0.1) is 11.3 Å². The molecule has 6 heteroatoms. The Balaban J connectivity index is 2.47. The van der Waals surface area contributed by atoms with Crippen LogP contribution in [0.15, 0.2) is 35.1 Å². The number of aromatic nitrogens is 2. The van der Waals surface area contributed by atoms with Gasteiger partial charge in [-0.15, -0.1) is 0 Å². The average Bonchev–Trinajstić information content (AvgIpc) is 2.29. The molecular weight excluding hydrogens is 282 g/mol. The van der Waals surface area contributed by atoms with Crippen LogP contribution in [0.2, 0.25) is 0 Å². The highest BCUT2D eigenvalue weighted by atomic mass is 79.9. The van der Waals surface area contributed by atoms with E-state index in [4.69, 9.17) is 16.9 Å². The molecule has 0 spiro atoms. The molecule has 5 nitrogen and oxygen atoms in total. The molecule has 1 heterocycles. The molecule has 0 saturated carbocycles. The summed E-state index contributed by atoms with van der Waals surface area (Å²) in [6.45, 7) is 0. The van der Waals surface area contributed by atoms with E-state index in [0.29, 0.717) is 11.1 Å². The molecule has 1 aromatic heterocycles. The third kappa shape index (κ3) is 2.26. The molecule has 0 saturated heterocycles. The van der Waals surface area contributed by atoms with Crippen molar-refractivity contribution in [1.29, 1.82) is 5.41 Å². The van der Waals surface area contributed by atoms with E-state index in [1.54, 1.807) is 12.1 Å². The van der Waals surface area contributed by atoms with Gasteiger partial charge in [0.1, 0.15) is 18.0 Å². The van der Waals surface area contributed by atoms with Crippen molar-refractivity contribution in [2.24, 2.45) is 0 Å². The lowest BCUT2D eigenvalue weighted by Gasteiger charge is -2.08. The fourth-order valence-corrected chi connectivity index (χ4v) is 1.69. The molecule has 0 aliphatic rings. The summed E-state index contributed by atoms with van der Waals surface area (Å²) < 4.78 is 0.944. The topological polar surface area (TPSA) is 102 Å². The average molecular weight is 292 g/mol. The van der Waals surface area contributed by atoms with Crippen molar-refractivity contribution in [1.82, 2.24) is 9.97 Å². The normalized spacial score (nSPS) is 10.2. The summed E-state index contributed by atoms with van der Waals surface area (Å²) in [5.74, 6) is 0.427. The van der Waals surface area contributed by atoms with Crippen molar-refractivity contribution in [3.05, 3.63) is 46.2 Å². The van der Waals surface area contributed by atoms with Crippen LogP contribution in [-0.4, -0.2) is 15.7 Å². The second-order valence-corrected chi connectivity index (χ2v) is 4.32. The van der Waals surface area contributed by atoms with Crippen molar-refractivity contribution in [2.75, 3.05) is 11.5 Å². The van der Waals surface area contributed by atoms with Crippen LogP contribution in [0.3, 0.4) is 0 Å². The molecule has 0 atom stereocenters. The van der Waals surface area contributed by atoms with Crippen LogP contribution in [0.25, 0.3) is 0 Å². The molecule has 0 amide bonds. The third-order valence-corrected chi connectivity index (χ3v) is 2.82. The standard InChI is InChI=1S/C11H10BrN5/c12-7-3-1-6(2-4-7)9(13)8-10(14)16-5-17-11(8)15/h1-5,13H,(H4,14,15,16,17). The maximum atomic E-state index is 8.07. The van der Waals surface area contributed by atoms with Crippen LogP contribution >= 0.6 is 15.9 Å². The summed E-state index contributed by atoms with van der Waals surface area (Å²) in [7, 11) is 0. The van der Waals surface area contributed by atoms with Gasteiger partial charge in [-0.05, 0) is 12.1 Å². The predicted octanol–water partition coefficient (Wildman–Crippen LogP) is 1.82. The van der Waals surface area contributed by atoms with Gasteiger partial charge in [-0.2, -0.15) is 0 Å². The lowest BCUT2D eigenvalue weighted by molar-refractivity contribution is 1.17. The van der Waals surface area contributed by atoms with Crippen LogP contribution in [0.1, 0.15) is 11.1 Å². The number of halogens is 1. The van der Waals surface area contributed by atoms with Gasteiger partial charge in [0.25, 0.3) is 0 Å². The Morgan fingerprint density at radius 3 is 2.12 bits per heavy atom. The first-order chi connectivity index (χ1) is 8.09. The lowest BCUT2D eigenvalue weighted by atomic mass is 10.0. The van der Waals surface area contributed by atoms with Crippen LogP contribution in [0.4, 0.5) is 11.6 Å². The molecule has 0 aliphatic heterocycles. The molecule has 0 unspecified atom stereocenters. The number of rotatable bonds is 2. The summed E-state index contributed by atoms with van der Waals surface area (Å²) >= 11 is 3.34. The van der Waals surface area contributed by atoms with Crippen molar-refractivity contribution >= 4 is 33.3 Å². The highest BCUT2D eigenvalue weighted by molar-refractivity contribution is 9.10. The van der Waals surface area contributed by atoms with E-state index in [9.17, 15) is 0 Å². The minimum atomic E-state index is 0.213. The minimum absolute atomic E-state index is 0.213. The first-order valence-electron chi connectivity index (χ1n) is 4.80. The van der Waals surface area contributed by atoms with Crippen molar-refractivity contribution in [3.8, 4) is 0 Å². The first kappa shape index (κ1) is 11.5. The molecule has 2 aromatic rings. The fraction of sp³-hybridized carbons (Fsp3) is 0. The lowest BCUT2D eigenvalue weighted by Crippen LogP contribution is -2.11. The zero-order valence-electron chi connectivity index (χ0n) is 8.81. The van der Waals surface area contributed by atoms with Crippen LogP contribution < -0.4 is 11.5 Å². The van der Waals surface area contributed by atoms with Gasteiger partial charge in [-0.1, -0.05) is 28.1 Å². The zero-order valence-corrected chi connectivity index (χ0v) is 10.4. The molecule has 0 bridgehead atoms. The smallest absolute Gasteiger partial charge is 0.138 e. The summed E-state index contributed by atoms with van der Waals surface area (Å²) in [6.07, 6.45) is 1.28. The van der Waals surface area contributed by atoms with E-state index in [1.165, 1.54) is 6.33 Å². The minimum Gasteiger partial charge on any atom is -0.383 e. The Morgan fingerprint density at radius 1 is 1.06 bits per heavy atom. The van der Waals surface area contributed by atoms with Crippen LogP contribution in [0, 0.1) is 5.41 Å². The van der Waals surface area contributed by atoms with E-state index in [1.807, 2.05) is 12.1 Å². The molecule has 5 N–H and O–H groups in total. The van der Waals surface area contributed by atoms with Gasteiger partial charge in [0, 0.05) is 10.0 Å². The van der Waals surface area contributed by atoms with E-state index in [0.717, 1.165) is 4.47 Å². The van der Waals surface area contributed by atoms with Gasteiger partial charge >= 0.3 is 0 Å². The Labute approximate surface area is 107 Å². The second kappa shape index (κ2) is 4.50. The first-order valence-corrected chi connectivity index (χ1v) is 5.59. The number of hydrogen-bond acceptors (Lipinski definition) is 5. The van der Waals surface area contributed by atoms with Gasteiger partial charge in [0.2, 0.25) is 0 Å². The Morgan fingerprint density at radius 2 is 1.59 bits per heavy atom. The van der Waals surface area contributed by atoms with E-state index in [2.05, 4.69) is 25.9 Å². The highest BCUT2D eigenvalue weighted by Gasteiger charge is 2.13. The van der Waals surface area contributed by atoms with E-state index < -0.39 is 0 Å². The number of nitrogens with two attached hydrogens (primary N) is 2. The number of nitrogens with zero attached hydrogens (tertiary/aromatic N) is 2. The summed E-state index contributed by atoms with van der Waals surface area (Å²) in [5, 5.41) is 8.07. The maximum Gasteiger partial charge on any atom is 0.138 e. The zero-order chi connectivity index (χ0) is 12.4. The van der Waals surface area contributed by atoms with Gasteiger partial charge in [0.15, 0.2) is 0 Å². The van der Waals surface area contributed by atoms with E-state index in [-0.39, 0.29) is 17.3 Å². The van der Waals surface area contributed by atoms with Gasteiger partial charge in [-0.3, -0.25) is 5.41 Å². The van der Waals surface area contributed by atoms with Crippen molar-refractivity contribution in [2.45, 2.75) is 0 Å². The van der Waals surface area contributed by atoms with Crippen molar-refractivity contribution < 1.29 is 0 Å². The third-order valence-electron chi connectivity index (χ3n) is 2.29. The molecule has 2 rings (SSSR count). The largest absolute Gasteiger partial charge is 0.383 e. The molecule has 17 heavy (non-hydrogen) atoms. The number of nitrogens with one attached hydrogen (secondary N) is 1. The van der Waals surface area contributed by atoms with E-state index >= 15 is 0 Å². The predicted molar refractivity (Wildman–Crippen MR) is 70.9 cm³/mol. The van der Waals surface area contributed by atoms with Gasteiger partial charge < -0.3 is 11.5 Å². The highest BCUT2D eigenvalue weighted by Crippen LogP contribution is 2.20. The maximum absolute atomic E-state index is 8.07. The number of benzene rings is 1. The quantitative estimate of drug-likeness (QED) is 0.735. The summed E-state index contributed by atoms with van der Waals surface area (Å²) in [4.78, 5) is 7.68. The number of hydrogen-bond donors (Lipinski definition) is 3. The van der Waals surface area contributed by atoms with Crippen LogP contribution in [-0.2, 0) is 0 Å². The molecule has 0 fully saturated rings. The summed E-state index contributed by atoms with van der Waals surface area (Å²) in [5.41, 5.74) is 12.7. The Kier molecular flexibility index (Phi) is 3.06. The SMILES string of the molecule is N=C(c1ccc(Br)cc1)c1c(N)ncnc1N. The summed E-state index contributed by atoms with van der Waals surface area (Å²) in [6, 6.07) is 7.30.